The van der Waals surface area contributed by atoms with Gasteiger partial charge in [0.15, 0.2) is 0 Å². The predicted molar refractivity (Wildman–Crippen MR) is 36.6 cm³/mol. The Balaban J connectivity index is 3.95. The van der Waals surface area contributed by atoms with Crippen LogP contribution in [-0.2, 0) is 9.59 Å². The van der Waals surface area contributed by atoms with Crippen LogP contribution in [0.15, 0.2) is 12.2 Å². The number of carbonyl (C=O) groups is 2. The van der Waals surface area contributed by atoms with Gasteiger partial charge in [-0.3, -0.25) is 4.79 Å². The molecule has 5 nitrogen and oxygen atoms in total. The SMILES string of the molecule is C=C(C)C(=O)NC(O)C(=O)O. The van der Waals surface area contributed by atoms with Crippen molar-refractivity contribution in [3.63, 3.8) is 0 Å². The monoisotopic (exact) mass is 159 g/mol. The molecular formula is C6H9NO4. The fraction of sp³-hybridized carbons (Fsp3) is 0.333. The predicted octanol–water partition coefficient (Wildman–Crippen LogP) is -0.918. The van der Waals surface area contributed by atoms with Crippen molar-refractivity contribution in [2.24, 2.45) is 0 Å². The summed E-state index contributed by atoms with van der Waals surface area (Å²) in [6.07, 6.45) is -1.86. The van der Waals surface area contributed by atoms with Crippen LogP contribution in [0.4, 0.5) is 0 Å². The molecule has 0 fully saturated rings. The fourth-order valence-corrected chi connectivity index (χ4v) is 0.309. The first kappa shape index (κ1) is 9.64. The van der Waals surface area contributed by atoms with Gasteiger partial charge in [-0.1, -0.05) is 6.58 Å². The molecule has 0 aromatic heterocycles. The minimum absolute atomic E-state index is 0.144. The molecule has 0 bridgehead atoms. The molecule has 1 amide bonds. The summed E-state index contributed by atoms with van der Waals surface area (Å²) in [4.78, 5) is 20.6. The van der Waals surface area contributed by atoms with Gasteiger partial charge in [-0.15, -0.1) is 0 Å². The van der Waals surface area contributed by atoms with Gasteiger partial charge in [0, 0.05) is 5.57 Å². The van der Waals surface area contributed by atoms with Crippen LogP contribution in [-0.4, -0.2) is 28.3 Å². The van der Waals surface area contributed by atoms with Crippen molar-refractivity contribution in [2.75, 3.05) is 0 Å². The number of aliphatic hydroxyl groups excluding tert-OH is 1. The van der Waals surface area contributed by atoms with Crippen molar-refractivity contribution in [3.05, 3.63) is 12.2 Å². The van der Waals surface area contributed by atoms with E-state index in [9.17, 15) is 9.59 Å². The lowest BCUT2D eigenvalue weighted by Gasteiger charge is -2.06. The Hall–Kier alpha value is -1.36. The summed E-state index contributed by atoms with van der Waals surface area (Å²) in [5, 5.41) is 18.5. The van der Waals surface area contributed by atoms with E-state index >= 15 is 0 Å². The largest absolute Gasteiger partial charge is 0.478 e. The number of amides is 1. The average molecular weight is 159 g/mol. The second kappa shape index (κ2) is 3.72. The Kier molecular flexibility index (Phi) is 3.26. The molecule has 5 heteroatoms. The molecule has 3 N–H and O–H groups in total. The molecule has 1 unspecified atom stereocenters. The molecule has 0 aromatic rings. The fourth-order valence-electron chi connectivity index (χ4n) is 0.309. The summed E-state index contributed by atoms with van der Waals surface area (Å²) < 4.78 is 0. The summed E-state index contributed by atoms with van der Waals surface area (Å²) in [6.45, 7) is 4.66. The highest BCUT2D eigenvalue weighted by atomic mass is 16.4. The van der Waals surface area contributed by atoms with Gasteiger partial charge >= 0.3 is 5.97 Å². The van der Waals surface area contributed by atoms with Crippen molar-refractivity contribution in [2.45, 2.75) is 13.2 Å². The number of rotatable bonds is 3. The molecule has 0 radical (unpaired) electrons. The number of hydrogen-bond donors (Lipinski definition) is 3. The number of aliphatic carboxylic acids is 1. The summed E-state index contributed by atoms with van der Waals surface area (Å²) in [5.41, 5.74) is 0.144. The molecule has 0 aliphatic rings. The Morgan fingerprint density at radius 2 is 2.00 bits per heavy atom. The number of carboxylic acids is 1. The van der Waals surface area contributed by atoms with Crippen LogP contribution >= 0.6 is 0 Å². The van der Waals surface area contributed by atoms with E-state index in [1.807, 2.05) is 0 Å². The normalized spacial score (nSPS) is 11.8. The molecule has 0 aromatic carbocycles. The third-order valence-electron chi connectivity index (χ3n) is 0.889. The maximum atomic E-state index is 10.6. The second-order valence-corrected chi connectivity index (χ2v) is 1.99. The molecular weight excluding hydrogens is 150 g/mol. The van der Waals surface area contributed by atoms with Gasteiger partial charge in [-0.25, -0.2) is 4.79 Å². The van der Waals surface area contributed by atoms with Crippen LogP contribution < -0.4 is 5.32 Å². The zero-order chi connectivity index (χ0) is 9.02. The lowest BCUT2D eigenvalue weighted by Crippen LogP contribution is -2.40. The van der Waals surface area contributed by atoms with E-state index in [2.05, 4.69) is 6.58 Å². The highest BCUT2D eigenvalue weighted by Gasteiger charge is 2.15. The first-order valence-electron chi connectivity index (χ1n) is 2.82. The molecule has 0 spiro atoms. The topological polar surface area (TPSA) is 86.6 Å². The second-order valence-electron chi connectivity index (χ2n) is 1.99. The van der Waals surface area contributed by atoms with Crippen molar-refractivity contribution in [3.8, 4) is 0 Å². The van der Waals surface area contributed by atoms with Crippen LogP contribution in [0.1, 0.15) is 6.92 Å². The van der Waals surface area contributed by atoms with Gasteiger partial charge in [0.2, 0.25) is 12.1 Å². The first-order valence-corrected chi connectivity index (χ1v) is 2.82. The maximum Gasteiger partial charge on any atom is 0.353 e. The zero-order valence-corrected chi connectivity index (χ0v) is 6.00. The van der Waals surface area contributed by atoms with Gasteiger partial charge in [-0.05, 0) is 6.92 Å². The molecule has 0 rings (SSSR count). The summed E-state index contributed by atoms with van der Waals surface area (Å²) in [6, 6.07) is 0. The van der Waals surface area contributed by atoms with Crippen LogP contribution in [0.25, 0.3) is 0 Å². The quantitative estimate of drug-likeness (QED) is 0.367. The van der Waals surface area contributed by atoms with Crippen LogP contribution in [0.5, 0.6) is 0 Å². The molecule has 0 aliphatic carbocycles. The van der Waals surface area contributed by atoms with Crippen LogP contribution in [0.2, 0.25) is 0 Å². The van der Waals surface area contributed by atoms with Crippen molar-refractivity contribution >= 4 is 11.9 Å². The third kappa shape index (κ3) is 3.36. The van der Waals surface area contributed by atoms with E-state index < -0.39 is 18.1 Å². The molecule has 0 heterocycles. The van der Waals surface area contributed by atoms with Crippen LogP contribution in [0.3, 0.4) is 0 Å². The van der Waals surface area contributed by atoms with E-state index in [4.69, 9.17) is 10.2 Å². The number of nitrogens with one attached hydrogen (secondary N) is 1. The molecule has 0 saturated carbocycles. The third-order valence-corrected chi connectivity index (χ3v) is 0.889. The Bertz CT molecular complexity index is 199. The number of carbonyl (C=O) groups excluding carboxylic acids is 1. The van der Waals surface area contributed by atoms with Crippen molar-refractivity contribution in [1.29, 1.82) is 0 Å². The minimum Gasteiger partial charge on any atom is -0.478 e. The van der Waals surface area contributed by atoms with Gasteiger partial charge in [0.05, 0.1) is 0 Å². The van der Waals surface area contributed by atoms with E-state index in [0.29, 0.717) is 0 Å². The number of aliphatic hydroxyl groups is 1. The smallest absolute Gasteiger partial charge is 0.353 e. The Labute approximate surface area is 63.3 Å². The lowest BCUT2D eigenvalue weighted by atomic mass is 10.3. The van der Waals surface area contributed by atoms with Crippen molar-refractivity contribution < 1.29 is 19.8 Å². The zero-order valence-electron chi connectivity index (χ0n) is 6.00. The highest BCUT2D eigenvalue weighted by Crippen LogP contribution is 1.87. The Morgan fingerprint density at radius 1 is 1.55 bits per heavy atom. The van der Waals surface area contributed by atoms with E-state index in [0.717, 1.165) is 0 Å². The highest BCUT2D eigenvalue weighted by molar-refractivity contribution is 5.94. The van der Waals surface area contributed by atoms with Gasteiger partial charge in [-0.2, -0.15) is 0 Å². The standard InChI is InChI=1S/C6H9NO4/c1-3(2)4(8)7-5(9)6(10)11/h5,9H,1H2,2H3,(H,7,8)(H,10,11). The first-order chi connectivity index (χ1) is 4.95. The molecule has 1 atom stereocenters. The van der Waals surface area contributed by atoms with Gasteiger partial charge in [0.25, 0.3) is 0 Å². The maximum absolute atomic E-state index is 10.6. The lowest BCUT2D eigenvalue weighted by molar-refractivity contribution is -0.150. The van der Waals surface area contributed by atoms with E-state index in [1.165, 1.54) is 6.92 Å². The van der Waals surface area contributed by atoms with Crippen LogP contribution in [0, 0.1) is 0 Å². The van der Waals surface area contributed by atoms with Gasteiger partial charge < -0.3 is 15.5 Å². The molecule has 11 heavy (non-hydrogen) atoms. The summed E-state index contributed by atoms with van der Waals surface area (Å²) in [7, 11) is 0. The molecule has 0 saturated heterocycles. The average Bonchev–Trinajstić information content (AvgIpc) is 1.87. The number of carboxylic acid groups (broad SMARTS) is 1. The van der Waals surface area contributed by atoms with Crippen molar-refractivity contribution in [1.82, 2.24) is 5.32 Å². The Morgan fingerprint density at radius 3 is 2.27 bits per heavy atom. The van der Waals surface area contributed by atoms with E-state index in [1.54, 1.807) is 5.32 Å². The summed E-state index contributed by atoms with van der Waals surface area (Å²) >= 11 is 0. The molecule has 62 valence electrons. The van der Waals surface area contributed by atoms with Gasteiger partial charge in [0.1, 0.15) is 0 Å². The van der Waals surface area contributed by atoms with E-state index in [-0.39, 0.29) is 5.57 Å². The summed E-state index contributed by atoms with van der Waals surface area (Å²) in [5.74, 6) is -2.18. The molecule has 0 aliphatic heterocycles. The minimum atomic E-state index is -1.86. The number of hydrogen-bond acceptors (Lipinski definition) is 3.